The number of benzene rings is 1. The maximum absolute atomic E-state index is 11.5. The lowest BCUT2D eigenvalue weighted by molar-refractivity contribution is -0.149. The van der Waals surface area contributed by atoms with Gasteiger partial charge in [0.05, 0.1) is 6.10 Å². The Morgan fingerprint density at radius 2 is 2.05 bits per heavy atom. The smallest absolute Gasteiger partial charge is 0.344 e. The third-order valence-corrected chi connectivity index (χ3v) is 2.94. The van der Waals surface area contributed by atoms with Gasteiger partial charge in [-0.25, -0.2) is 4.79 Å². The average Bonchev–Trinajstić information content (AvgIpc) is 2.36. The molecule has 0 saturated carbocycles. The normalized spacial score (nSPS) is 12.3. The van der Waals surface area contributed by atoms with Crippen molar-refractivity contribution in [3.63, 3.8) is 0 Å². The zero-order valence-corrected chi connectivity index (χ0v) is 12.8. The zero-order chi connectivity index (χ0) is 15.1. The molecule has 20 heavy (non-hydrogen) atoms. The molecule has 4 heteroatoms. The van der Waals surface area contributed by atoms with Crippen molar-refractivity contribution in [1.82, 2.24) is 0 Å². The maximum Gasteiger partial charge on any atom is 0.344 e. The van der Waals surface area contributed by atoms with Crippen LogP contribution in [0.2, 0.25) is 0 Å². The second-order valence-electron chi connectivity index (χ2n) is 5.31. The zero-order valence-electron chi connectivity index (χ0n) is 12.8. The van der Waals surface area contributed by atoms with Crippen molar-refractivity contribution in [2.75, 3.05) is 6.61 Å². The largest absolute Gasteiger partial charge is 0.482 e. The van der Waals surface area contributed by atoms with Gasteiger partial charge >= 0.3 is 5.97 Å². The minimum atomic E-state index is -0.355. The summed E-state index contributed by atoms with van der Waals surface area (Å²) >= 11 is 0. The van der Waals surface area contributed by atoms with E-state index >= 15 is 0 Å². The fraction of sp³-hybridized carbons (Fsp3) is 0.562. The van der Waals surface area contributed by atoms with Crippen LogP contribution < -0.4 is 10.5 Å². The van der Waals surface area contributed by atoms with Gasteiger partial charge in [-0.15, -0.1) is 0 Å². The summed E-state index contributed by atoms with van der Waals surface area (Å²) in [6.45, 7) is 7.64. The number of nitrogens with two attached hydrogens (primary N) is 1. The van der Waals surface area contributed by atoms with Crippen molar-refractivity contribution in [2.45, 2.75) is 52.7 Å². The second kappa shape index (κ2) is 7.90. The molecule has 0 amide bonds. The van der Waals surface area contributed by atoms with Gasteiger partial charge in [0.25, 0.3) is 0 Å². The van der Waals surface area contributed by atoms with Crippen LogP contribution in [0, 0.1) is 6.92 Å². The lowest BCUT2D eigenvalue weighted by atomic mass is 10.0. The fourth-order valence-corrected chi connectivity index (χ4v) is 1.87. The van der Waals surface area contributed by atoms with Crippen LogP contribution in [-0.4, -0.2) is 24.7 Å². The summed E-state index contributed by atoms with van der Waals surface area (Å²) in [6, 6.07) is 6.00. The number of rotatable bonds is 7. The Morgan fingerprint density at radius 1 is 1.35 bits per heavy atom. The molecule has 1 aromatic carbocycles. The van der Waals surface area contributed by atoms with Gasteiger partial charge in [0, 0.05) is 6.04 Å². The molecule has 0 fully saturated rings. The molecule has 0 spiro atoms. The predicted molar refractivity (Wildman–Crippen MR) is 79.9 cm³/mol. The minimum Gasteiger partial charge on any atom is -0.482 e. The van der Waals surface area contributed by atoms with E-state index in [-0.39, 0.29) is 24.7 Å². The summed E-state index contributed by atoms with van der Waals surface area (Å²) < 4.78 is 10.6. The molecular weight excluding hydrogens is 254 g/mol. The van der Waals surface area contributed by atoms with E-state index in [1.54, 1.807) is 0 Å². The Balaban J connectivity index is 2.71. The SMILES string of the molecule is CCC(N)Cc1cc(C)ccc1OCC(=O)OC(C)C. The van der Waals surface area contributed by atoms with Crippen LogP contribution in [0.25, 0.3) is 0 Å². The van der Waals surface area contributed by atoms with Crippen LogP contribution in [0.15, 0.2) is 18.2 Å². The number of carbonyl (C=O) groups excluding carboxylic acids is 1. The lowest BCUT2D eigenvalue weighted by Crippen LogP contribution is -2.23. The van der Waals surface area contributed by atoms with Crippen LogP contribution in [0.1, 0.15) is 38.3 Å². The summed E-state index contributed by atoms with van der Waals surface area (Å²) in [7, 11) is 0. The van der Waals surface area contributed by atoms with Gasteiger partial charge in [0.2, 0.25) is 0 Å². The van der Waals surface area contributed by atoms with Gasteiger partial charge in [-0.2, -0.15) is 0 Å². The van der Waals surface area contributed by atoms with Gasteiger partial charge in [-0.05, 0) is 45.2 Å². The van der Waals surface area contributed by atoms with Crippen molar-refractivity contribution in [1.29, 1.82) is 0 Å². The molecule has 0 saturated heterocycles. The highest BCUT2D eigenvalue weighted by Crippen LogP contribution is 2.22. The van der Waals surface area contributed by atoms with Gasteiger partial charge < -0.3 is 15.2 Å². The molecule has 1 rings (SSSR count). The molecule has 2 N–H and O–H groups in total. The molecule has 0 aliphatic rings. The van der Waals surface area contributed by atoms with Crippen molar-refractivity contribution in [3.8, 4) is 5.75 Å². The third kappa shape index (κ3) is 5.61. The van der Waals surface area contributed by atoms with E-state index in [9.17, 15) is 4.79 Å². The van der Waals surface area contributed by atoms with E-state index in [0.29, 0.717) is 5.75 Å². The molecule has 1 atom stereocenters. The quantitative estimate of drug-likeness (QED) is 0.779. The lowest BCUT2D eigenvalue weighted by Gasteiger charge is -2.15. The highest BCUT2D eigenvalue weighted by atomic mass is 16.6. The predicted octanol–water partition coefficient (Wildman–Crippen LogP) is 2.61. The van der Waals surface area contributed by atoms with Crippen LogP contribution >= 0.6 is 0 Å². The molecule has 1 unspecified atom stereocenters. The van der Waals surface area contributed by atoms with E-state index in [1.165, 1.54) is 0 Å². The van der Waals surface area contributed by atoms with Crippen molar-refractivity contribution in [2.24, 2.45) is 5.73 Å². The number of esters is 1. The fourth-order valence-electron chi connectivity index (χ4n) is 1.87. The van der Waals surface area contributed by atoms with Crippen LogP contribution in [0.4, 0.5) is 0 Å². The summed E-state index contributed by atoms with van der Waals surface area (Å²) in [6.07, 6.45) is 1.52. The van der Waals surface area contributed by atoms with Crippen molar-refractivity contribution in [3.05, 3.63) is 29.3 Å². The Morgan fingerprint density at radius 3 is 2.65 bits per heavy atom. The third-order valence-electron chi connectivity index (χ3n) is 2.94. The second-order valence-corrected chi connectivity index (χ2v) is 5.31. The van der Waals surface area contributed by atoms with Gasteiger partial charge in [0.15, 0.2) is 6.61 Å². The molecule has 0 aliphatic heterocycles. The first kappa shape index (κ1) is 16.5. The monoisotopic (exact) mass is 279 g/mol. The molecule has 1 aromatic rings. The van der Waals surface area contributed by atoms with E-state index in [1.807, 2.05) is 32.9 Å². The average molecular weight is 279 g/mol. The summed E-state index contributed by atoms with van der Waals surface area (Å²) in [5, 5.41) is 0. The molecular formula is C16H25NO3. The Labute approximate surface area is 121 Å². The number of ether oxygens (including phenoxy) is 2. The Kier molecular flexibility index (Phi) is 6.52. The van der Waals surface area contributed by atoms with Crippen LogP contribution in [0.3, 0.4) is 0 Å². The van der Waals surface area contributed by atoms with E-state index in [4.69, 9.17) is 15.2 Å². The Hall–Kier alpha value is -1.55. The molecule has 0 bridgehead atoms. The summed E-state index contributed by atoms with van der Waals surface area (Å²) in [5.41, 5.74) is 8.19. The first-order chi connectivity index (χ1) is 9.42. The van der Waals surface area contributed by atoms with Crippen LogP contribution in [0.5, 0.6) is 5.75 Å². The highest BCUT2D eigenvalue weighted by molar-refractivity contribution is 5.71. The molecule has 0 radical (unpaired) electrons. The first-order valence-electron chi connectivity index (χ1n) is 7.09. The minimum absolute atomic E-state index is 0.0738. The van der Waals surface area contributed by atoms with Gasteiger partial charge in [-0.1, -0.05) is 24.6 Å². The maximum atomic E-state index is 11.5. The topological polar surface area (TPSA) is 61.5 Å². The van der Waals surface area contributed by atoms with E-state index < -0.39 is 0 Å². The summed E-state index contributed by atoms with van der Waals surface area (Å²) in [5.74, 6) is 0.353. The molecule has 0 heterocycles. The standard InChI is InChI=1S/C16H25NO3/c1-5-14(17)9-13-8-12(4)6-7-15(13)19-10-16(18)20-11(2)3/h6-8,11,14H,5,9-10,17H2,1-4H3. The molecule has 0 aromatic heterocycles. The highest BCUT2D eigenvalue weighted by Gasteiger charge is 2.11. The van der Waals surface area contributed by atoms with E-state index in [2.05, 4.69) is 13.0 Å². The van der Waals surface area contributed by atoms with Gasteiger partial charge in [-0.3, -0.25) is 0 Å². The number of aryl methyl sites for hydroxylation is 1. The molecule has 0 aliphatic carbocycles. The number of hydrogen-bond acceptors (Lipinski definition) is 4. The number of carbonyl (C=O) groups is 1. The van der Waals surface area contributed by atoms with Gasteiger partial charge in [0.1, 0.15) is 5.75 Å². The molecule has 4 nitrogen and oxygen atoms in total. The first-order valence-corrected chi connectivity index (χ1v) is 7.09. The van der Waals surface area contributed by atoms with Crippen molar-refractivity contribution < 1.29 is 14.3 Å². The molecule has 112 valence electrons. The van der Waals surface area contributed by atoms with Crippen LogP contribution in [-0.2, 0) is 16.0 Å². The number of hydrogen-bond donors (Lipinski definition) is 1. The van der Waals surface area contributed by atoms with E-state index in [0.717, 1.165) is 24.0 Å². The Bertz CT molecular complexity index is 443. The van der Waals surface area contributed by atoms with Crippen molar-refractivity contribution >= 4 is 5.97 Å². The summed E-state index contributed by atoms with van der Waals surface area (Å²) in [4.78, 5) is 11.5.